The maximum Gasteiger partial charge on any atom is 0.337 e. The van der Waals surface area contributed by atoms with Crippen LogP contribution in [-0.2, 0) is 4.74 Å². The molecular weight excluding hydrogens is 302 g/mol. The highest BCUT2D eigenvalue weighted by atomic mass is 79.9. The van der Waals surface area contributed by atoms with Crippen LogP contribution in [-0.4, -0.2) is 29.4 Å². The summed E-state index contributed by atoms with van der Waals surface area (Å²) >= 11 is 3.20. The molecule has 0 aliphatic rings. The fraction of sp³-hybridized carbons (Fsp3) is 0.333. The average molecular weight is 314 g/mol. The summed E-state index contributed by atoms with van der Waals surface area (Å²) in [5.74, 6) is -0.491. The predicted molar refractivity (Wildman–Crippen MR) is 66.7 cm³/mol. The van der Waals surface area contributed by atoms with Crippen LogP contribution in [0.2, 0.25) is 0 Å². The van der Waals surface area contributed by atoms with Crippen molar-refractivity contribution in [1.82, 2.24) is 0 Å². The van der Waals surface area contributed by atoms with Gasteiger partial charge in [0.05, 0.1) is 31.3 Å². The van der Waals surface area contributed by atoms with Crippen LogP contribution in [0.3, 0.4) is 0 Å². The summed E-state index contributed by atoms with van der Waals surface area (Å²) in [7, 11) is 1.27. The van der Waals surface area contributed by atoms with Gasteiger partial charge in [-0.1, -0.05) is 22.0 Å². The molecule has 0 heterocycles. The highest BCUT2D eigenvalue weighted by Crippen LogP contribution is 2.28. The molecule has 0 spiro atoms. The van der Waals surface area contributed by atoms with E-state index in [9.17, 15) is 15.0 Å². The standard InChI is InChI=1S/C12H12BrNO4/c1-18-12(17)7-2-3-8(9(13)6-7)11(16)10(15)4-5-14/h2-3,6,10-11,15-16H,4H2,1H3. The van der Waals surface area contributed by atoms with Crippen LogP contribution >= 0.6 is 15.9 Å². The molecule has 0 saturated carbocycles. The summed E-state index contributed by atoms with van der Waals surface area (Å²) in [4.78, 5) is 11.3. The number of hydrogen-bond acceptors (Lipinski definition) is 5. The van der Waals surface area contributed by atoms with Gasteiger partial charge in [0.1, 0.15) is 6.10 Å². The van der Waals surface area contributed by atoms with Gasteiger partial charge in [-0.05, 0) is 17.7 Å². The van der Waals surface area contributed by atoms with E-state index < -0.39 is 18.2 Å². The molecule has 0 radical (unpaired) electrons. The van der Waals surface area contributed by atoms with E-state index in [1.807, 2.05) is 0 Å². The molecule has 1 aromatic rings. The van der Waals surface area contributed by atoms with Crippen molar-refractivity contribution in [1.29, 1.82) is 5.26 Å². The van der Waals surface area contributed by atoms with Gasteiger partial charge in [0.15, 0.2) is 0 Å². The maximum absolute atomic E-state index is 11.3. The Hall–Kier alpha value is -1.42. The number of ether oxygens (including phenoxy) is 1. The number of carbonyl (C=O) groups excluding carboxylic acids is 1. The van der Waals surface area contributed by atoms with E-state index in [-0.39, 0.29) is 6.42 Å². The zero-order valence-corrected chi connectivity index (χ0v) is 11.2. The normalized spacial score (nSPS) is 13.5. The number of carbonyl (C=O) groups is 1. The van der Waals surface area contributed by atoms with Crippen molar-refractivity contribution in [2.45, 2.75) is 18.6 Å². The SMILES string of the molecule is COC(=O)c1ccc(C(O)C(O)CC#N)c(Br)c1. The topological polar surface area (TPSA) is 90.6 Å². The minimum Gasteiger partial charge on any atom is -0.465 e. The lowest BCUT2D eigenvalue weighted by atomic mass is 10.0. The monoisotopic (exact) mass is 313 g/mol. The molecule has 0 fully saturated rings. The van der Waals surface area contributed by atoms with Gasteiger partial charge in [-0.3, -0.25) is 0 Å². The highest BCUT2D eigenvalue weighted by molar-refractivity contribution is 9.10. The van der Waals surface area contributed by atoms with Gasteiger partial charge in [-0.2, -0.15) is 5.26 Å². The molecule has 5 nitrogen and oxygen atoms in total. The molecular formula is C12H12BrNO4. The number of benzene rings is 1. The lowest BCUT2D eigenvalue weighted by Gasteiger charge is -2.17. The van der Waals surface area contributed by atoms with Crippen LogP contribution in [0.5, 0.6) is 0 Å². The molecule has 1 aromatic carbocycles. The van der Waals surface area contributed by atoms with Crippen molar-refractivity contribution in [2.75, 3.05) is 7.11 Å². The molecule has 18 heavy (non-hydrogen) atoms. The quantitative estimate of drug-likeness (QED) is 0.823. The molecule has 1 rings (SSSR count). The lowest BCUT2D eigenvalue weighted by molar-refractivity contribution is 0.0212. The fourth-order valence-corrected chi connectivity index (χ4v) is 2.04. The average Bonchev–Trinajstić information content (AvgIpc) is 2.37. The summed E-state index contributed by atoms with van der Waals surface area (Å²) in [6.07, 6.45) is -2.53. The Morgan fingerprint density at radius 3 is 2.72 bits per heavy atom. The first-order valence-corrected chi connectivity index (χ1v) is 5.91. The van der Waals surface area contributed by atoms with Gasteiger partial charge < -0.3 is 14.9 Å². The van der Waals surface area contributed by atoms with Crippen molar-refractivity contribution in [2.24, 2.45) is 0 Å². The van der Waals surface area contributed by atoms with Crippen molar-refractivity contribution in [3.63, 3.8) is 0 Å². The third-order valence-corrected chi connectivity index (χ3v) is 3.09. The first kappa shape index (κ1) is 14.6. The number of methoxy groups -OCH3 is 1. The molecule has 0 aliphatic carbocycles. The molecule has 0 aromatic heterocycles. The van der Waals surface area contributed by atoms with Crippen LogP contribution < -0.4 is 0 Å². The summed E-state index contributed by atoms with van der Waals surface area (Å²) in [6.45, 7) is 0. The number of nitrogens with zero attached hydrogens (tertiary/aromatic N) is 1. The number of rotatable bonds is 4. The van der Waals surface area contributed by atoms with Gasteiger partial charge in [0.25, 0.3) is 0 Å². The Bertz CT molecular complexity index is 483. The van der Waals surface area contributed by atoms with Gasteiger partial charge in [-0.15, -0.1) is 0 Å². The van der Waals surface area contributed by atoms with E-state index in [0.29, 0.717) is 15.6 Å². The first-order chi connectivity index (χ1) is 8.51. The van der Waals surface area contributed by atoms with Crippen molar-refractivity contribution in [3.05, 3.63) is 33.8 Å². The lowest BCUT2D eigenvalue weighted by Crippen LogP contribution is -2.18. The Balaban J connectivity index is 2.99. The van der Waals surface area contributed by atoms with Crippen LogP contribution in [0, 0.1) is 11.3 Å². The molecule has 0 bridgehead atoms. The largest absolute Gasteiger partial charge is 0.465 e. The fourth-order valence-electron chi connectivity index (χ4n) is 1.42. The number of halogens is 1. The predicted octanol–water partition coefficient (Wildman–Crippen LogP) is 1.54. The van der Waals surface area contributed by atoms with Crippen LogP contribution in [0.25, 0.3) is 0 Å². The minimum absolute atomic E-state index is 0.174. The summed E-state index contributed by atoms with van der Waals surface area (Å²) < 4.78 is 5.03. The van der Waals surface area contributed by atoms with Crippen molar-refractivity contribution >= 4 is 21.9 Å². The number of hydrogen-bond donors (Lipinski definition) is 2. The van der Waals surface area contributed by atoms with E-state index in [1.165, 1.54) is 25.3 Å². The smallest absolute Gasteiger partial charge is 0.337 e. The van der Waals surface area contributed by atoms with Crippen molar-refractivity contribution in [3.8, 4) is 6.07 Å². The Morgan fingerprint density at radius 1 is 1.56 bits per heavy atom. The summed E-state index contributed by atoms with van der Waals surface area (Å²) in [6, 6.07) is 6.25. The summed E-state index contributed by atoms with van der Waals surface area (Å²) in [5, 5.41) is 27.8. The Labute approximate surface area is 113 Å². The van der Waals surface area contributed by atoms with Gasteiger partial charge >= 0.3 is 5.97 Å². The van der Waals surface area contributed by atoms with Crippen molar-refractivity contribution < 1.29 is 19.7 Å². The van der Waals surface area contributed by atoms with E-state index in [0.717, 1.165) is 0 Å². The Kier molecular flexibility index (Phi) is 5.28. The van der Waals surface area contributed by atoms with Crippen LogP contribution in [0.15, 0.2) is 22.7 Å². The van der Waals surface area contributed by atoms with E-state index in [4.69, 9.17) is 5.26 Å². The second-order valence-corrected chi connectivity index (χ2v) is 4.46. The molecule has 0 saturated heterocycles. The van der Waals surface area contributed by atoms with E-state index in [1.54, 1.807) is 6.07 Å². The number of nitriles is 1. The van der Waals surface area contributed by atoms with Crippen LogP contribution in [0.1, 0.15) is 28.4 Å². The summed E-state index contributed by atoms with van der Waals surface area (Å²) in [5.41, 5.74) is 0.737. The third-order valence-electron chi connectivity index (χ3n) is 2.41. The first-order valence-electron chi connectivity index (χ1n) is 5.12. The molecule has 6 heteroatoms. The molecule has 2 atom stereocenters. The van der Waals surface area contributed by atoms with Crippen LogP contribution in [0.4, 0.5) is 0 Å². The molecule has 0 aliphatic heterocycles. The number of aliphatic hydroxyl groups excluding tert-OH is 2. The minimum atomic E-state index is -1.19. The maximum atomic E-state index is 11.3. The zero-order valence-electron chi connectivity index (χ0n) is 9.63. The van der Waals surface area contributed by atoms with E-state index >= 15 is 0 Å². The zero-order chi connectivity index (χ0) is 13.7. The molecule has 0 amide bonds. The highest BCUT2D eigenvalue weighted by Gasteiger charge is 2.21. The van der Waals surface area contributed by atoms with Gasteiger partial charge in [0, 0.05) is 4.47 Å². The van der Waals surface area contributed by atoms with Gasteiger partial charge in [0.2, 0.25) is 0 Å². The Morgan fingerprint density at radius 2 is 2.22 bits per heavy atom. The molecule has 2 N–H and O–H groups in total. The number of esters is 1. The second kappa shape index (κ2) is 6.50. The molecule has 2 unspecified atom stereocenters. The second-order valence-electron chi connectivity index (χ2n) is 3.60. The third kappa shape index (κ3) is 3.29. The number of aliphatic hydroxyl groups is 2. The molecule has 96 valence electrons. The van der Waals surface area contributed by atoms with E-state index in [2.05, 4.69) is 20.7 Å². The van der Waals surface area contributed by atoms with Gasteiger partial charge in [-0.25, -0.2) is 4.79 Å².